The average Bonchev–Trinajstić information content (AvgIpc) is 2.98. The minimum atomic E-state index is 0.378. The molecule has 1 heterocycles. The number of fused-ring (bicyclic) bond motifs is 5. The zero-order valence-electron chi connectivity index (χ0n) is 17.0. The van der Waals surface area contributed by atoms with Gasteiger partial charge in [-0.3, -0.25) is 4.79 Å². The molecule has 4 fully saturated rings. The van der Waals surface area contributed by atoms with Crippen LogP contribution < -0.4 is 0 Å². The van der Waals surface area contributed by atoms with Crippen molar-refractivity contribution in [1.82, 2.24) is 4.90 Å². The van der Waals surface area contributed by atoms with Gasteiger partial charge in [-0.1, -0.05) is 40.5 Å². The first-order chi connectivity index (χ1) is 11.9. The normalized spacial score (nSPS) is 49.5. The number of hydrogen-bond donors (Lipinski definition) is 0. The number of carbonyl (C=O) groups excluding carboxylic acids is 1. The third kappa shape index (κ3) is 2.60. The molecule has 0 aromatic carbocycles. The van der Waals surface area contributed by atoms with E-state index in [4.69, 9.17) is 0 Å². The predicted molar refractivity (Wildman–Crippen MR) is 103 cm³/mol. The van der Waals surface area contributed by atoms with Gasteiger partial charge >= 0.3 is 0 Å². The van der Waals surface area contributed by atoms with Crippen LogP contribution in [0.1, 0.15) is 91.9 Å². The molecule has 2 heteroatoms. The Bertz CT molecular complexity index is 530. The van der Waals surface area contributed by atoms with Crippen molar-refractivity contribution in [2.24, 2.45) is 34.5 Å². The molecule has 3 saturated carbocycles. The third-order valence-corrected chi connectivity index (χ3v) is 9.30. The topological polar surface area (TPSA) is 20.3 Å². The van der Waals surface area contributed by atoms with E-state index in [1.54, 1.807) is 0 Å². The fourth-order valence-corrected chi connectivity index (χ4v) is 7.91. The maximum Gasteiger partial charge on any atom is 0.222 e. The molecule has 7 atom stereocenters. The molecule has 1 saturated heterocycles. The molecule has 1 amide bonds. The van der Waals surface area contributed by atoms with Gasteiger partial charge in [-0.05, 0) is 79.4 Å². The van der Waals surface area contributed by atoms with E-state index in [9.17, 15) is 4.79 Å². The van der Waals surface area contributed by atoms with E-state index in [0.29, 0.717) is 22.8 Å². The maximum absolute atomic E-state index is 12.7. The lowest BCUT2D eigenvalue weighted by atomic mass is 9.45. The summed E-state index contributed by atoms with van der Waals surface area (Å²) in [6.45, 7) is 10.9. The van der Waals surface area contributed by atoms with Gasteiger partial charge in [-0.15, -0.1) is 0 Å². The molecule has 0 spiro atoms. The van der Waals surface area contributed by atoms with Crippen LogP contribution in [-0.2, 0) is 4.79 Å². The van der Waals surface area contributed by atoms with Crippen LogP contribution in [0.4, 0.5) is 0 Å². The summed E-state index contributed by atoms with van der Waals surface area (Å²) in [6.07, 6.45) is 12.8. The summed E-state index contributed by atoms with van der Waals surface area (Å²) in [5.41, 5.74) is 1.01. The summed E-state index contributed by atoms with van der Waals surface area (Å²) in [5.74, 6) is 3.98. The average molecular weight is 346 g/mol. The lowest BCUT2D eigenvalue weighted by molar-refractivity contribution is -0.168. The van der Waals surface area contributed by atoms with Crippen molar-refractivity contribution in [3.8, 4) is 0 Å². The first-order valence-corrected chi connectivity index (χ1v) is 11.2. The Labute approximate surface area is 155 Å². The van der Waals surface area contributed by atoms with Gasteiger partial charge in [-0.2, -0.15) is 0 Å². The summed E-state index contributed by atoms with van der Waals surface area (Å²) < 4.78 is 0. The fraction of sp³-hybridized carbons (Fsp3) is 0.957. The standard InChI is InChI=1S/C23H39NO/c1-5-6-14-24-19-15-16(2)21-17-8-7-11-22(17,3)12-9-18(21)23(19,4)13-10-20(24)25/h16-19,21H,5-15H2,1-4H3/t16-,17-,18-,19+,21-,22-,23+/m0/s1. The lowest BCUT2D eigenvalue weighted by Gasteiger charge is -2.63. The Morgan fingerprint density at radius 1 is 1.12 bits per heavy atom. The lowest BCUT2D eigenvalue weighted by Crippen LogP contribution is -2.63. The van der Waals surface area contributed by atoms with Gasteiger partial charge in [0.1, 0.15) is 0 Å². The van der Waals surface area contributed by atoms with E-state index < -0.39 is 0 Å². The second kappa shape index (κ2) is 6.27. The molecule has 4 aliphatic rings. The maximum atomic E-state index is 12.7. The number of rotatable bonds is 3. The zero-order valence-corrected chi connectivity index (χ0v) is 17.0. The van der Waals surface area contributed by atoms with Gasteiger partial charge < -0.3 is 4.90 Å². The Kier molecular flexibility index (Phi) is 4.48. The van der Waals surface area contributed by atoms with Crippen LogP contribution in [-0.4, -0.2) is 23.4 Å². The van der Waals surface area contributed by atoms with Gasteiger partial charge in [0, 0.05) is 19.0 Å². The SMILES string of the molecule is CCCCN1C(=O)CC[C@]2(C)[C@H]3CC[C@]4(C)CCC[C@H]4[C@@H]3[C@@H](C)C[C@@H]12. The van der Waals surface area contributed by atoms with Gasteiger partial charge in [-0.25, -0.2) is 0 Å². The Morgan fingerprint density at radius 3 is 2.68 bits per heavy atom. The van der Waals surface area contributed by atoms with Crippen molar-refractivity contribution in [1.29, 1.82) is 0 Å². The van der Waals surface area contributed by atoms with Gasteiger partial charge in [0.2, 0.25) is 5.91 Å². The molecule has 0 unspecified atom stereocenters. The first kappa shape index (κ1) is 17.9. The number of amides is 1. The van der Waals surface area contributed by atoms with E-state index in [-0.39, 0.29) is 0 Å². The highest BCUT2D eigenvalue weighted by Gasteiger charge is 2.61. The number of unbranched alkanes of at least 4 members (excludes halogenated alkanes) is 1. The van der Waals surface area contributed by atoms with Crippen LogP contribution >= 0.6 is 0 Å². The molecule has 142 valence electrons. The monoisotopic (exact) mass is 345 g/mol. The Morgan fingerprint density at radius 2 is 1.92 bits per heavy atom. The minimum Gasteiger partial charge on any atom is -0.339 e. The van der Waals surface area contributed by atoms with E-state index in [2.05, 4.69) is 32.6 Å². The van der Waals surface area contributed by atoms with Crippen molar-refractivity contribution in [3.63, 3.8) is 0 Å². The quantitative estimate of drug-likeness (QED) is 0.646. The molecule has 4 rings (SSSR count). The number of piperidine rings is 1. The molecular weight excluding hydrogens is 306 g/mol. The van der Waals surface area contributed by atoms with Crippen molar-refractivity contribution in [2.45, 2.75) is 97.9 Å². The summed E-state index contributed by atoms with van der Waals surface area (Å²) in [7, 11) is 0. The summed E-state index contributed by atoms with van der Waals surface area (Å²) in [6, 6.07) is 0.516. The van der Waals surface area contributed by atoms with Crippen LogP contribution in [0.3, 0.4) is 0 Å². The van der Waals surface area contributed by atoms with Crippen molar-refractivity contribution in [3.05, 3.63) is 0 Å². The molecule has 3 aliphatic carbocycles. The van der Waals surface area contributed by atoms with Gasteiger partial charge in [0.25, 0.3) is 0 Å². The van der Waals surface area contributed by atoms with Crippen LogP contribution in [0.15, 0.2) is 0 Å². The second-order valence-corrected chi connectivity index (χ2v) is 10.6. The predicted octanol–water partition coefficient (Wildman–Crippen LogP) is 5.66. The van der Waals surface area contributed by atoms with E-state index in [0.717, 1.165) is 43.1 Å². The summed E-state index contributed by atoms with van der Waals surface area (Å²) in [5, 5.41) is 0. The Hall–Kier alpha value is -0.530. The molecular formula is C23H39NO. The molecule has 0 aromatic heterocycles. The molecule has 0 aromatic rings. The Balaban J connectivity index is 1.65. The molecule has 1 aliphatic heterocycles. The van der Waals surface area contributed by atoms with Gasteiger partial charge in [0.05, 0.1) is 0 Å². The van der Waals surface area contributed by atoms with Crippen LogP contribution in [0, 0.1) is 34.5 Å². The fourth-order valence-electron chi connectivity index (χ4n) is 7.91. The van der Waals surface area contributed by atoms with E-state index in [1.807, 2.05) is 0 Å². The molecule has 0 bridgehead atoms. The number of nitrogens with zero attached hydrogens (tertiary/aromatic N) is 1. The first-order valence-electron chi connectivity index (χ1n) is 11.2. The highest BCUT2D eigenvalue weighted by molar-refractivity contribution is 5.77. The van der Waals surface area contributed by atoms with Gasteiger partial charge in [0.15, 0.2) is 0 Å². The zero-order chi connectivity index (χ0) is 17.8. The highest BCUT2D eigenvalue weighted by Crippen LogP contribution is 2.66. The van der Waals surface area contributed by atoms with Crippen LogP contribution in [0.2, 0.25) is 0 Å². The molecule has 0 radical (unpaired) electrons. The molecule has 2 nitrogen and oxygen atoms in total. The van der Waals surface area contributed by atoms with E-state index >= 15 is 0 Å². The van der Waals surface area contributed by atoms with Crippen LogP contribution in [0.5, 0.6) is 0 Å². The second-order valence-electron chi connectivity index (χ2n) is 10.6. The van der Waals surface area contributed by atoms with Crippen molar-refractivity contribution < 1.29 is 4.79 Å². The summed E-state index contributed by atoms with van der Waals surface area (Å²) >= 11 is 0. The van der Waals surface area contributed by atoms with Crippen molar-refractivity contribution in [2.75, 3.05) is 6.54 Å². The van der Waals surface area contributed by atoms with E-state index in [1.165, 1.54) is 51.4 Å². The minimum absolute atomic E-state index is 0.378. The highest BCUT2D eigenvalue weighted by atomic mass is 16.2. The molecule has 25 heavy (non-hydrogen) atoms. The smallest absolute Gasteiger partial charge is 0.222 e. The number of hydrogen-bond acceptors (Lipinski definition) is 1. The largest absolute Gasteiger partial charge is 0.339 e. The van der Waals surface area contributed by atoms with Crippen LogP contribution in [0.25, 0.3) is 0 Å². The number of carbonyl (C=O) groups is 1. The van der Waals surface area contributed by atoms with Crippen molar-refractivity contribution >= 4 is 5.91 Å². The third-order valence-electron chi connectivity index (χ3n) is 9.30. The summed E-state index contributed by atoms with van der Waals surface area (Å²) in [4.78, 5) is 15.1. The number of likely N-dealkylation sites (tertiary alicyclic amines) is 1. The molecule has 0 N–H and O–H groups in total.